The van der Waals surface area contributed by atoms with Crippen LogP contribution < -0.4 is 0 Å². The van der Waals surface area contributed by atoms with E-state index in [1.165, 1.54) is 7.11 Å². The van der Waals surface area contributed by atoms with Crippen LogP contribution in [0.1, 0.15) is 19.8 Å². The van der Waals surface area contributed by atoms with Gasteiger partial charge in [-0.15, -0.1) is 0 Å². The van der Waals surface area contributed by atoms with Gasteiger partial charge in [-0.05, 0) is 18.3 Å². The Hall–Kier alpha value is -0.530. The zero-order valence-electron chi connectivity index (χ0n) is 5.73. The first kappa shape index (κ1) is 5.27. The smallest absolute Gasteiger partial charge is 0.312 e. The van der Waals surface area contributed by atoms with Gasteiger partial charge in [0.25, 0.3) is 0 Å². The van der Waals surface area contributed by atoms with Crippen LogP contribution in [0, 0.1) is 10.8 Å². The Morgan fingerprint density at radius 1 is 1.56 bits per heavy atom. The lowest BCUT2D eigenvalue weighted by molar-refractivity contribution is -0.144. The summed E-state index contributed by atoms with van der Waals surface area (Å²) in [6, 6.07) is 0. The Morgan fingerprint density at radius 3 is 2.11 bits per heavy atom. The Bertz CT molecular complexity index is 177. The number of hydrogen-bond acceptors (Lipinski definition) is 2. The number of rotatable bonds is 1. The molecule has 0 aliphatic heterocycles. The minimum atomic E-state index is 0.00174. The lowest BCUT2D eigenvalue weighted by atomic mass is 10.2. The number of esters is 1. The summed E-state index contributed by atoms with van der Waals surface area (Å²) in [5.41, 5.74) is 0.363. The molecular formula is C7H10O2. The Kier molecular flexibility index (Phi) is 0.600. The highest BCUT2D eigenvalue weighted by atomic mass is 16.5. The van der Waals surface area contributed by atoms with E-state index in [0.717, 1.165) is 12.8 Å². The van der Waals surface area contributed by atoms with Crippen LogP contribution in [0.4, 0.5) is 0 Å². The van der Waals surface area contributed by atoms with Crippen molar-refractivity contribution in [3.63, 3.8) is 0 Å². The van der Waals surface area contributed by atoms with Crippen molar-refractivity contribution in [3.8, 4) is 0 Å². The summed E-state index contributed by atoms with van der Waals surface area (Å²) in [5.74, 6) is 0.00463. The summed E-state index contributed by atoms with van der Waals surface area (Å²) < 4.78 is 4.65. The summed E-state index contributed by atoms with van der Waals surface area (Å²) in [6.07, 6.45) is 2.12. The second-order valence-corrected chi connectivity index (χ2v) is 3.49. The van der Waals surface area contributed by atoms with E-state index in [4.69, 9.17) is 0 Å². The molecule has 2 fully saturated rings. The first-order valence-electron chi connectivity index (χ1n) is 3.23. The standard InChI is InChI=1S/C7H10O2/c1-6-3-7(6,4-6)5(8)9-2/h3-4H2,1-2H3. The van der Waals surface area contributed by atoms with E-state index in [2.05, 4.69) is 11.7 Å². The van der Waals surface area contributed by atoms with Gasteiger partial charge in [0, 0.05) is 0 Å². The van der Waals surface area contributed by atoms with E-state index >= 15 is 0 Å². The monoisotopic (exact) mass is 126 g/mol. The number of hydrogen-bond donors (Lipinski definition) is 0. The molecule has 0 amide bonds. The lowest BCUT2D eigenvalue weighted by Crippen LogP contribution is -2.08. The largest absolute Gasteiger partial charge is 0.469 e. The molecule has 0 aromatic heterocycles. The number of carbonyl (C=O) groups is 1. The number of methoxy groups -OCH3 is 1. The molecule has 0 atom stereocenters. The fraction of sp³-hybridized carbons (Fsp3) is 0.857. The van der Waals surface area contributed by atoms with Crippen LogP contribution in [0.2, 0.25) is 0 Å². The zero-order chi connectivity index (χ0) is 6.70. The van der Waals surface area contributed by atoms with Crippen molar-refractivity contribution in [2.45, 2.75) is 19.8 Å². The first-order chi connectivity index (χ1) is 4.15. The van der Waals surface area contributed by atoms with Gasteiger partial charge in [-0.1, -0.05) is 6.92 Å². The van der Waals surface area contributed by atoms with Crippen molar-refractivity contribution in [1.29, 1.82) is 0 Å². The molecule has 2 rings (SSSR count). The number of carbonyl (C=O) groups excluding carboxylic acids is 1. The van der Waals surface area contributed by atoms with Crippen LogP contribution in [-0.4, -0.2) is 13.1 Å². The lowest BCUT2D eigenvalue weighted by Gasteiger charge is -1.97. The molecule has 2 aliphatic carbocycles. The predicted octanol–water partition coefficient (Wildman–Crippen LogP) is 0.959. The molecule has 9 heavy (non-hydrogen) atoms. The molecule has 0 radical (unpaired) electrons. The molecule has 2 nitrogen and oxygen atoms in total. The van der Waals surface area contributed by atoms with Gasteiger partial charge in [0.05, 0.1) is 12.5 Å². The van der Waals surface area contributed by atoms with Gasteiger partial charge in [0.2, 0.25) is 0 Å². The number of ether oxygens (including phenoxy) is 1. The van der Waals surface area contributed by atoms with E-state index in [0.29, 0.717) is 5.41 Å². The van der Waals surface area contributed by atoms with E-state index in [-0.39, 0.29) is 11.4 Å². The molecule has 2 heteroatoms. The molecule has 2 aliphatic rings. The summed E-state index contributed by atoms with van der Waals surface area (Å²) in [5, 5.41) is 0. The van der Waals surface area contributed by atoms with Gasteiger partial charge in [0.1, 0.15) is 0 Å². The fourth-order valence-corrected chi connectivity index (χ4v) is 1.78. The molecule has 0 aromatic rings. The summed E-state index contributed by atoms with van der Waals surface area (Å²) >= 11 is 0. The highest BCUT2D eigenvalue weighted by Gasteiger charge is 2.85. The third-order valence-corrected chi connectivity index (χ3v) is 2.87. The SMILES string of the molecule is COC(=O)C12CC1(C)C2. The van der Waals surface area contributed by atoms with Gasteiger partial charge in [-0.25, -0.2) is 0 Å². The van der Waals surface area contributed by atoms with E-state index in [1.807, 2.05) is 0 Å². The van der Waals surface area contributed by atoms with Crippen molar-refractivity contribution in [1.82, 2.24) is 0 Å². The van der Waals surface area contributed by atoms with Crippen molar-refractivity contribution >= 4 is 5.97 Å². The van der Waals surface area contributed by atoms with Crippen LogP contribution in [0.5, 0.6) is 0 Å². The fourth-order valence-electron chi connectivity index (χ4n) is 1.78. The van der Waals surface area contributed by atoms with Crippen molar-refractivity contribution < 1.29 is 9.53 Å². The van der Waals surface area contributed by atoms with Crippen LogP contribution in [-0.2, 0) is 9.53 Å². The zero-order valence-corrected chi connectivity index (χ0v) is 5.73. The average molecular weight is 126 g/mol. The topological polar surface area (TPSA) is 26.3 Å². The molecule has 0 aromatic carbocycles. The minimum absolute atomic E-state index is 0.00174. The van der Waals surface area contributed by atoms with Crippen LogP contribution in [0.25, 0.3) is 0 Å². The van der Waals surface area contributed by atoms with Gasteiger partial charge in [0.15, 0.2) is 0 Å². The maximum Gasteiger partial charge on any atom is 0.312 e. The van der Waals surface area contributed by atoms with E-state index in [9.17, 15) is 4.79 Å². The molecule has 0 N–H and O–H groups in total. The highest BCUT2D eigenvalue weighted by molar-refractivity contribution is 5.87. The van der Waals surface area contributed by atoms with Crippen molar-refractivity contribution in [2.75, 3.05) is 7.11 Å². The normalized spacial score (nSPS) is 51.8. The molecule has 0 bridgehead atoms. The summed E-state index contributed by atoms with van der Waals surface area (Å²) in [7, 11) is 1.47. The quantitative estimate of drug-likeness (QED) is 0.489. The third kappa shape index (κ3) is 0.373. The maximum absolute atomic E-state index is 10.9. The Labute approximate surface area is 54.2 Å². The second-order valence-electron chi connectivity index (χ2n) is 3.49. The van der Waals surface area contributed by atoms with Crippen molar-refractivity contribution in [3.05, 3.63) is 0 Å². The molecule has 50 valence electrons. The third-order valence-electron chi connectivity index (χ3n) is 2.87. The van der Waals surface area contributed by atoms with Gasteiger partial charge >= 0.3 is 5.97 Å². The minimum Gasteiger partial charge on any atom is -0.469 e. The molecule has 0 saturated heterocycles. The van der Waals surface area contributed by atoms with Gasteiger partial charge < -0.3 is 4.74 Å². The van der Waals surface area contributed by atoms with E-state index in [1.54, 1.807) is 0 Å². The molecule has 2 saturated carbocycles. The predicted molar refractivity (Wildman–Crippen MR) is 31.8 cm³/mol. The molecule has 0 spiro atoms. The second kappa shape index (κ2) is 1.02. The molecule has 0 unspecified atom stereocenters. The van der Waals surface area contributed by atoms with Crippen LogP contribution in [0.15, 0.2) is 0 Å². The summed E-state index contributed by atoms with van der Waals surface area (Å²) in [6.45, 7) is 2.14. The van der Waals surface area contributed by atoms with Gasteiger partial charge in [-0.2, -0.15) is 0 Å². The first-order valence-corrected chi connectivity index (χ1v) is 3.23. The van der Waals surface area contributed by atoms with Crippen molar-refractivity contribution in [2.24, 2.45) is 10.8 Å². The van der Waals surface area contributed by atoms with Crippen LogP contribution >= 0.6 is 0 Å². The number of fused-ring (bicyclic) bond motifs is 1. The maximum atomic E-state index is 10.9. The highest BCUT2D eigenvalue weighted by Crippen LogP contribution is 2.86. The average Bonchev–Trinajstić information content (AvgIpc) is 2.51. The van der Waals surface area contributed by atoms with E-state index < -0.39 is 0 Å². The molecular weight excluding hydrogens is 116 g/mol. The van der Waals surface area contributed by atoms with Gasteiger partial charge in [-0.3, -0.25) is 4.79 Å². The summed E-state index contributed by atoms with van der Waals surface area (Å²) in [4.78, 5) is 10.9. The van der Waals surface area contributed by atoms with Crippen LogP contribution in [0.3, 0.4) is 0 Å². The Balaban J connectivity index is 2.11. The molecule has 0 heterocycles. The Morgan fingerprint density at radius 2 is 2.00 bits per heavy atom.